The predicted molar refractivity (Wildman–Crippen MR) is 41.6 cm³/mol. The van der Waals surface area contributed by atoms with Crippen LogP contribution in [0.5, 0.6) is 0 Å². The van der Waals surface area contributed by atoms with E-state index >= 15 is 0 Å². The molecule has 2 N–H and O–H groups in total. The topological polar surface area (TPSA) is 41.1 Å². The third kappa shape index (κ3) is 4.32. The Labute approximate surface area is 62.2 Å². The van der Waals surface area contributed by atoms with Crippen molar-refractivity contribution in [3.63, 3.8) is 0 Å². The lowest BCUT2D eigenvalue weighted by atomic mass is 10.3. The number of rotatable bonds is 4. The maximum absolute atomic E-state index is 10.9. The lowest BCUT2D eigenvalue weighted by molar-refractivity contribution is -0.121. The maximum atomic E-state index is 10.9. The molecule has 0 aliphatic heterocycles. The molecule has 1 amide bonds. The molecule has 0 aliphatic rings. The van der Waals surface area contributed by atoms with Crippen LogP contribution in [0.4, 0.5) is 0 Å². The van der Waals surface area contributed by atoms with Crippen LogP contribution in [0.1, 0.15) is 26.7 Å². The SMILES string of the molecule is CCCC(=O)NC(C)NC. The molecule has 0 saturated heterocycles. The van der Waals surface area contributed by atoms with Crippen molar-refractivity contribution >= 4 is 5.91 Å². The van der Waals surface area contributed by atoms with E-state index in [4.69, 9.17) is 0 Å². The van der Waals surface area contributed by atoms with Gasteiger partial charge in [0.1, 0.15) is 0 Å². The smallest absolute Gasteiger partial charge is 0.221 e. The van der Waals surface area contributed by atoms with Crippen molar-refractivity contribution in [1.29, 1.82) is 0 Å². The van der Waals surface area contributed by atoms with Crippen molar-refractivity contribution in [3.8, 4) is 0 Å². The van der Waals surface area contributed by atoms with Crippen LogP contribution in [0.25, 0.3) is 0 Å². The van der Waals surface area contributed by atoms with Gasteiger partial charge in [-0.3, -0.25) is 4.79 Å². The van der Waals surface area contributed by atoms with Crippen LogP contribution in [0.2, 0.25) is 0 Å². The number of hydrogen-bond acceptors (Lipinski definition) is 2. The van der Waals surface area contributed by atoms with E-state index in [1.54, 1.807) is 0 Å². The minimum Gasteiger partial charge on any atom is -0.341 e. The fourth-order valence-electron chi connectivity index (χ4n) is 0.613. The summed E-state index contributed by atoms with van der Waals surface area (Å²) in [4.78, 5) is 10.9. The van der Waals surface area contributed by atoms with Crippen LogP contribution >= 0.6 is 0 Å². The van der Waals surface area contributed by atoms with E-state index in [2.05, 4.69) is 10.6 Å². The van der Waals surface area contributed by atoms with Gasteiger partial charge < -0.3 is 10.6 Å². The van der Waals surface area contributed by atoms with Crippen molar-refractivity contribution in [2.45, 2.75) is 32.9 Å². The highest BCUT2D eigenvalue weighted by Gasteiger charge is 2.01. The zero-order valence-electron chi connectivity index (χ0n) is 6.90. The molecule has 0 fully saturated rings. The summed E-state index contributed by atoms with van der Waals surface area (Å²) in [6.07, 6.45) is 1.60. The third-order valence-electron chi connectivity index (χ3n) is 1.29. The first-order valence-electron chi connectivity index (χ1n) is 3.67. The van der Waals surface area contributed by atoms with Crippen molar-refractivity contribution in [2.24, 2.45) is 0 Å². The van der Waals surface area contributed by atoms with E-state index in [1.807, 2.05) is 20.9 Å². The van der Waals surface area contributed by atoms with Gasteiger partial charge in [0.25, 0.3) is 0 Å². The van der Waals surface area contributed by atoms with E-state index in [1.165, 1.54) is 0 Å². The Balaban J connectivity index is 3.37. The van der Waals surface area contributed by atoms with Crippen LogP contribution < -0.4 is 10.6 Å². The minimum atomic E-state index is 0.0825. The zero-order valence-corrected chi connectivity index (χ0v) is 6.90. The quantitative estimate of drug-likeness (QED) is 0.563. The standard InChI is InChI=1S/C7H16N2O/c1-4-5-7(10)9-6(2)8-3/h6,8H,4-5H2,1-3H3,(H,9,10). The summed E-state index contributed by atoms with van der Waals surface area (Å²) in [6.45, 7) is 3.90. The van der Waals surface area contributed by atoms with Gasteiger partial charge in [0.2, 0.25) is 5.91 Å². The summed E-state index contributed by atoms with van der Waals surface area (Å²) < 4.78 is 0. The van der Waals surface area contributed by atoms with E-state index in [0.29, 0.717) is 6.42 Å². The summed E-state index contributed by atoms with van der Waals surface area (Å²) in [7, 11) is 1.82. The summed E-state index contributed by atoms with van der Waals surface area (Å²) in [6, 6.07) is 0. The highest BCUT2D eigenvalue weighted by Crippen LogP contribution is 1.85. The van der Waals surface area contributed by atoms with Crippen LogP contribution in [-0.4, -0.2) is 19.1 Å². The second-order valence-corrected chi connectivity index (χ2v) is 2.33. The molecule has 0 aliphatic carbocycles. The molecule has 0 rings (SSSR count). The molecule has 0 bridgehead atoms. The molecule has 0 radical (unpaired) electrons. The summed E-state index contributed by atoms with van der Waals surface area (Å²) in [5, 5.41) is 5.70. The zero-order chi connectivity index (χ0) is 7.98. The highest BCUT2D eigenvalue weighted by atomic mass is 16.1. The normalized spacial score (nSPS) is 12.7. The van der Waals surface area contributed by atoms with Gasteiger partial charge in [-0.1, -0.05) is 6.92 Å². The molecule has 0 spiro atoms. The molecule has 0 heterocycles. The molecule has 60 valence electrons. The van der Waals surface area contributed by atoms with Crippen molar-refractivity contribution in [3.05, 3.63) is 0 Å². The van der Waals surface area contributed by atoms with Crippen molar-refractivity contribution in [2.75, 3.05) is 7.05 Å². The largest absolute Gasteiger partial charge is 0.341 e. The molecule has 3 nitrogen and oxygen atoms in total. The molecule has 10 heavy (non-hydrogen) atoms. The number of amides is 1. The van der Waals surface area contributed by atoms with Gasteiger partial charge in [-0.25, -0.2) is 0 Å². The Morgan fingerprint density at radius 2 is 2.20 bits per heavy atom. The molecule has 3 heteroatoms. The highest BCUT2D eigenvalue weighted by molar-refractivity contribution is 5.75. The van der Waals surface area contributed by atoms with Crippen LogP contribution in [-0.2, 0) is 4.79 Å². The summed E-state index contributed by atoms with van der Waals surface area (Å²) in [5.74, 6) is 0.115. The maximum Gasteiger partial charge on any atom is 0.221 e. The van der Waals surface area contributed by atoms with Gasteiger partial charge in [0, 0.05) is 6.42 Å². The number of nitrogens with one attached hydrogen (secondary N) is 2. The Kier molecular flexibility index (Phi) is 4.94. The van der Waals surface area contributed by atoms with Gasteiger partial charge in [0.05, 0.1) is 6.17 Å². The Bertz CT molecular complexity index is 104. The molecule has 0 aromatic heterocycles. The molecular weight excluding hydrogens is 128 g/mol. The molecule has 0 saturated carbocycles. The number of hydrogen-bond donors (Lipinski definition) is 2. The Morgan fingerprint density at radius 1 is 1.60 bits per heavy atom. The Morgan fingerprint density at radius 3 is 2.60 bits per heavy atom. The molecule has 0 aromatic carbocycles. The monoisotopic (exact) mass is 144 g/mol. The first-order chi connectivity index (χ1) is 4.70. The molecule has 0 aromatic rings. The van der Waals surface area contributed by atoms with E-state index in [9.17, 15) is 4.79 Å². The lowest BCUT2D eigenvalue weighted by Gasteiger charge is -2.11. The second-order valence-electron chi connectivity index (χ2n) is 2.33. The number of carbonyl (C=O) groups excluding carboxylic acids is 1. The van der Waals surface area contributed by atoms with Gasteiger partial charge in [-0.15, -0.1) is 0 Å². The first kappa shape index (κ1) is 9.43. The van der Waals surface area contributed by atoms with Crippen molar-refractivity contribution in [1.82, 2.24) is 10.6 Å². The van der Waals surface area contributed by atoms with E-state index in [0.717, 1.165) is 6.42 Å². The molecule has 1 atom stereocenters. The lowest BCUT2D eigenvalue weighted by Crippen LogP contribution is -2.41. The van der Waals surface area contributed by atoms with Gasteiger partial charge in [-0.2, -0.15) is 0 Å². The molecular formula is C7H16N2O. The molecule has 1 unspecified atom stereocenters. The second kappa shape index (κ2) is 5.23. The predicted octanol–water partition coefficient (Wildman–Crippen LogP) is 0.468. The first-order valence-corrected chi connectivity index (χ1v) is 3.67. The summed E-state index contributed by atoms with van der Waals surface area (Å²) >= 11 is 0. The van der Waals surface area contributed by atoms with E-state index < -0.39 is 0 Å². The number of carbonyl (C=O) groups is 1. The Hall–Kier alpha value is -0.570. The van der Waals surface area contributed by atoms with Gasteiger partial charge in [-0.05, 0) is 20.4 Å². The van der Waals surface area contributed by atoms with E-state index in [-0.39, 0.29) is 12.1 Å². The van der Waals surface area contributed by atoms with Crippen LogP contribution in [0.15, 0.2) is 0 Å². The van der Waals surface area contributed by atoms with Crippen molar-refractivity contribution < 1.29 is 4.79 Å². The summed E-state index contributed by atoms with van der Waals surface area (Å²) in [5.41, 5.74) is 0. The van der Waals surface area contributed by atoms with Gasteiger partial charge >= 0.3 is 0 Å². The fraction of sp³-hybridized carbons (Fsp3) is 0.857. The van der Waals surface area contributed by atoms with Crippen LogP contribution in [0.3, 0.4) is 0 Å². The van der Waals surface area contributed by atoms with Crippen LogP contribution in [0, 0.1) is 0 Å². The average molecular weight is 144 g/mol. The average Bonchev–Trinajstić information content (AvgIpc) is 1.88. The van der Waals surface area contributed by atoms with Gasteiger partial charge in [0.15, 0.2) is 0 Å². The third-order valence-corrected chi connectivity index (χ3v) is 1.29. The minimum absolute atomic E-state index is 0.0825. The fourth-order valence-corrected chi connectivity index (χ4v) is 0.613.